The molecule has 7 aromatic carbocycles. The number of anilines is 2. The van der Waals surface area contributed by atoms with Gasteiger partial charge in [-0.3, -0.25) is 0 Å². The van der Waals surface area contributed by atoms with Gasteiger partial charge in [0.05, 0.1) is 28.5 Å². The van der Waals surface area contributed by atoms with Crippen LogP contribution in [0.1, 0.15) is 28.7 Å². The van der Waals surface area contributed by atoms with E-state index in [1.807, 2.05) is 24.3 Å². The Labute approximate surface area is 301 Å². The van der Waals surface area contributed by atoms with E-state index in [2.05, 4.69) is 167 Å². The standard InChI is InChI=1S/C48H32N4/c1-3-15-32(16-4-1)48-49-40-24-12-9-21-37(40)45(50-48)31-27-29-34(30-28-31)52-42-26-14-11-23-39(42)44-43-38-22-10-13-25-41(38)51(33-17-5-2-6-18-33)46(43)35-19-7-8-20-36(35)47(44)52/h1-30,44,47H. The molecule has 11 rings (SSSR count). The molecule has 0 saturated heterocycles. The molecule has 9 aromatic rings. The van der Waals surface area contributed by atoms with E-state index in [1.54, 1.807) is 0 Å². The van der Waals surface area contributed by atoms with Crippen molar-refractivity contribution in [3.05, 3.63) is 199 Å². The topological polar surface area (TPSA) is 34.0 Å². The minimum Gasteiger partial charge on any atom is -0.333 e. The van der Waals surface area contributed by atoms with Gasteiger partial charge in [0, 0.05) is 50.4 Å². The fourth-order valence-corrected chi connectivity index (χ4v) is 8.82. The van der Waals surface area contributed by atoms with Crippen molar-refractivity contribution < 1.29 is 0 Å². The zero-order valence-electron chi connectivity index (χ0n) is 28.3. The fraction of sp³-hybridized carbons (Fsp3) is 0.0417. The lowest BCUT2D eigenvalue weighted by Crippen LogP contribution is -2.26. The Balaban J connectivity index is 1.10. The number of hydrogen-bond donors (Lipinski definition) is 0. The first-order valence-electron chi connectivity index (χ1n) is 17.9. The fourth-order valence-electron chi connectivity index (χ4n) is 8.82. The summed E-state index contributed by atoms with van der Waals surface area (Å²) >= 11 is 0. The quantitative estimate of drug-likeness (QED) is 0.188. The lowest BCUT2D eigenvalue weighted by molar-refractivity contribution is 0.651. The number of hydrogen-bond acceptors (Lipinski definition) is 3. The summed E-state index contributed by atoms with van der Waals surface area (Å²) < 4.78 is 2.48. The van der Waals surface area contributed by atoms with Gasteiger partial charge in [0.15, 0.2) is 5.82 Å². The predicted octanol–water partition coefficient (Wildman–Crippen LogP) is 11.9. The van der Waals surface area contributed by atoms with E-state index in [1.165, 1.54) is 50.2 Å². The highest BCUT2D eigenvalue weighted by Gasteiger charge is 2.47. The van der Waals surface area contributed by atoms with E-state index in [-0.39, 0.29) is 12.0 Å². The summed E-state index contributed by atoms with van der Waals surface area (Å²) in [6, 6.07) is 65.5. The van der Waals surface area contributed by atoms with Gasteiger partial charge in [-0.2, -0.15) is 0 Å². The van der Waals surface area contributed by atoms with Gasteiger partial charge in [-0.05, 0) is 59.2 Å². The van der Waals surface area contributed by atoms with Crippen LogP contribution in [0.25, 0.3) is 61.4 Å². The van der Waals surface area contributed by atoms with Crippen molar-refractivity contribution in [2.24, 2.45) is 0 Å². The van der Waals surface area contributed by atoms with E-state index >= 15 is 0 Å². The first-order chi connectivity index (χ1) is 25.8. The lowest BCUT2D eigenvalue weighted by Gasteiger charge is -2.36. The van der Waals surface area contributed by atoms with Gasteiger partial charge in [-0.25, -0.2) is 9.97 Å². The third-order valence-corrected chi connectivity index (χ3v) is 11.0. The molecule has 4 heteroatoms. The third kappa shape index (κ3) is 4.21. The molecule has 0 spiro atoms. The van der Waals surface area contributed by atoms with Crippen LogP contribution in [-0.4, -0.2) is 14.5 Å². The van der Waals surface area contributed by atoms with Crippen LogP contribution in [0.5, 0.6) is 0 Å². The van der Waals surface area contributed by atoms with E-state index in [9.17, 15) is 0 Å². The highest BCUT2D eigenvalue weighted by molar-refractivity contribution is 5.99. The Morgan fingerprint density at radius 1 is 0.462 bits per heavy atom. The summed E-state index contributed by atoms with van der Waals surface area (Å²) in [4.78, 5) is 12.7. The zero-order valence-corrected chi connectivity index (χ0v) is 28.3. The Hall–Kier alpha value is -6.78. The van der Waals surface area contributed by atoms with Crippen molar-refractivity contribution in [2.45, 2.75) is 12.0 Å². The van der Waals surface area contributed by atoms with Crippen LogP contribution < -0.4 is 4.90 Å². The minimum absolute atomic E-state index is 0.0894. The molecule has 0 N–H and O–H groups in total. The van der Waals surface area contributed by atoms with Crippen LogP contribution >= 0.6 is 0 Å². The van der Waals surface area contributed by atoms with Crippen LogP contribution in [0.2, 0.25) is 0 Å². The molecule has 1 aliphatic heterocycles. The van der Waals surface area contributed by atoms with Crippen LogP contribution in [0.15, 0.2) is 182 Å². The lowest BCUT2D eigenvalue weighted by atomic mass is 9.75. The van der Waals surface area contributed by atoms with E-state index in [0.717, 1.165) is 39.2 Å². The molecule has 2 atom stereocenters. The van der Waals surface area contributed by atoms with Crippen LogP contribution in [-0.2, 0) is 0 Å². The number of para-hydroxylation sites is 4. The molecule has 0 saturated carbocycles. The van der Waals surface area contributed by atoms with E-state index in [0.29, 0.717) is 0 Å². The van der Waals surface area contributed by atoms with Gasteiger partial charge < -0.3 is 9.47 Å². The van der Waals surface area contributed by atoms with Gasteiger partial charge in [0.2, 0.25) is 0 Å². The number of fused-ring (bicyclic) bond motifs is 11. The Morgan fingerprint density at radius 3 is 1.94 bits per heavy atom. The maximum absolute atomic E-state index is 5.15. The second-order valence-corrected chi connectivity index (χ2v) is 13.7. The first kappa shape index (κ1) is 29.0. The first-order valence-corrected chi connectivity index (χ1v) is 17.9. The molecule has 3 heterocycles. The number of aromatic nitrogens is 3. The molecule has 244 valence electrons. The average molecular weight is 665 g/mol. The molecule has 0 bridgehead atoms. The predicted molar refractivity (Wildman–Crippen MR) is 212 cm³/mol. The molecule has 2 aromatic heterocycles. The van der Waals surface area contributed by atoms with Crippen molar-refractivity contribution in [1.82, 2.24) is 14.5 Å². The smallest absolute Gasteiger partial charge is 0.160 e. The van der Waals surface area contributed by atoms with Gasteiger partial charge >= 0.3 is 0 Å². The highest BCUT2D eigenvalue weighted by Crippen LogP contribution is 2.62. The SMILES string of the molecule is c1ccc(-c2nc(-c3ccc(N4c5ccccc5C5c6c(n(-c7ccccc7)c7ccccc67)-c6ccccc6C54)cc3)c3ccccc3n2)cc1. The van der Waals surface area contributed by atoms with Crippen LogP contribution in [0.3, 0.4) is 0 Å². The molecule has 4 nitrogen and oxygen atoms in total. The highest BCUT2D eigenvalue weighted by atomic mass is 15.2. The zero-order chi connectivity index (χ0) is 34.2. The van der Waals surface area contributed by atoms with Crippen molar-refractivity contribution in [1.29, 1.82) is 0 Å². The van der Waals surface area contributed by atoms with Crippen molar-refractivity contribution >= 4 is 33.2 Å². The molecule has 1 aliphatic carbocycles. The molecule has 2 unspecified atom stereocenters. The number of nitrogens with zero attached hydrogens (tertiary/aromatic N) is 4. The third-order valence-electron chi connectivity index (χ3n) is 11.0. The normalized spacial score (nSPS) is 15.7. The molecular formula is C48H32N4. The summed E-state index contributed by atoms with van der Waals surface area (Å²) in [5.41, 5.74) is 15.5. The number of benzene rings is 7. The summed E-state index contributed by atoms with van der Waals surface area (Å²) in [7, 11) is 0. The van der Waals surface area contributed by atoms with Crippen LogP contribution in [0, 0.1) is 0 Å². The second-order valence-electron chi connectivity index (χ2n) is 13.7. The average Bonchev–Trinajstić information content (AvgIpc) is 3.75. The van der Waals surface area contributed by atoms with Crippen molar-refractivity contribution in [3.63, 3.8) is 0 Å². The second kappa shape index (κ2) is 11.4. The van der Waals surface area contributed by atoms with Gasteiger partial charge in [-0.1, -0.05) is 140 Å². The summed E-state index contributed by atoms with van der Waals surface area (Å²) in [5, 5.41) is 2.35. The Morgan fingerprint density at radius 2 is 1.12 bits per heavy atom. The molecule has 0 fully saturated rings. The molecule has 2 aliphatic rings. The van der Waals surface area contributed by atoms with Crippen LogP contribution in [0.4, 0.5) is 11.4 Å². The summed E-state index contributed by atoms with van der Waals surface area (Å²) in [6.07, 6.45) is 0. The summed E-state index contributed by atoms with van der Waals surface area (Å²) in [6.45, 7) is 0. The maximum Gasteiger partial charge on any atom is 0.160 e. The Kier molecular flexibility index (Phi) is 6.34. The monoisotopic (exact) mass is 664 g/mol. The van der Waals surface area contributed by atoms with Crippen molar-refractivity contribution in [2.75, 3.05) is 4.90 Å². The van der Waals surface area contributed by atoms with Crippen molar-refractivity contribution in [3.8, 4) is 39.6 Å². The maximum atomic E-state index is 5.15. The largest absolute Gasteiger partial charge is 0.333 e. The van der Waals surface area contributed by atoms with Gasteiger partial charge in [0.1, 0.15) is 0 Å². The number of rotatable bonds is 4. The van der Waals surface area contributed by atoms with Gasteiger partial charge in [-0.15, -0.1) is 0 Å². The van der Waals surface area contributed by atoms with E-state index in [4.69, 9.17) is 9.97 Å². The minimum atomic E-state index is 0.0894. The summed E-state index contributed by atoms with van der Waals surface area (Å²) in [5.74, 6) is 0.883. The Bertz CT molecular complexity index is 2800. The molecular weight excluding hydrogens is 633 g/mol. The molecule has 52 heavy (non-hydrogen) atoms. The molecule has 0 amide bonds. The van der Waals surface area contributed by atoms with E-state index < -0.39 is 0 Å². The van der Waals surface area contributed by atoms with Gasteiger partial charge in [0.25, 0.3) is 0 Å². The molecule has 0 radical (unpaired) electrons.